The molecule has 2 aromatic carbocycles. The molecule has 0 aliphatic carbocycles. The first-order valence-corrected chi connectivity index (χ1v) is 14.4. The van der Waals surface area contributed by atoms with Gasteiger partial charge in [-0.1, -0.05) is 96.0 Å². The standard InChI is InChI=1S/C35H28N9/c1-6-14-24-20(8-3)32-37-28-22-16-10-11-17-23(22)29(36-28)38-33-21(9-4)25(15-7-2)35-40-31-27-19-13-12-18-26(27)30(42(31)5)39-34(24)43(32)41-44(33)35/h6-19,41H,3-4H2,1-2,5H3/q+1/b14-6-,15-7-. The second kappa shape index (κ2) is 9.53. The van der Waals surface area contributed by atoms with Crippen molar-refractivity contribution in [1.29, 1.82) is 0 Å². The summed E-state index contributed by atoms with van der Waals surface area (Å²) < 4.78 is 5.82. The molecule has 0 radical (unpaired) electrons. The van der Waals surface area contributed by atoms with Crippen LogP contribution in [0.25, 0.3) is 24.3 Å². The fourth-order valence-corrected chi connectivity index (χ4v) is 6.23. The molecule has 9 nitrogen and oxygen atoms in total. The van der Waals surface area contributed by atoms with Crippen LogP contribution in [0.2, 0.25) is 0 Å². The van der Waals surface area contributed by atoms with Gasteiger partial charge in [0.15, 0.2) is 23.0 Å². The lowest BCUT2D eigenvalue weighted by Gasteiger charge is -2.13. The molecule has 6 bridgehead atoms. The fourth-order valence-electron chi connectivity index (χ4n) is 6.23. The van der Waals surface area contributed by atoms with E-state index in [-0.39, 0.29) is 0 Å². The molecule has 9 heteroatoms. The van der Waals surface area contributed by atoms with E-state index in [1.54, 1.807) is 0 Å². The molecule has 0 unspecified atom stereocenters. The summed E-state index contributed by atoms with van der Waals surface area (Å²) in [4.78, 5) is 26.0. The fraction of sp³-hybridized carbons (Fsp3) is 0.0857. The third-order valence-electron chi connectivity index (χ3n) is 8.18. The van der Waals surface area contributed by atoms with Crippen molar-refractivity contribution in [2.24, 2.45) is 25.0 Å². The van der Waals surface area contributed by atoms with Crippen molar-refractivity contribution >= 4 is 59.3 Å². The molecule has 8 rings (SSSR count). The first kappa shape index (κ1) is 25.7. The molecule has 1 N–H and O–H groups in total. The second-order valence-corrected chi connectivity index (χ2v) is 10.6. The van der Waals surface area contributed by atoms with E-state index >= 15 is 0 Å². The van der Waals surface area contributed by atoms with Crippen molar-refractivity contribution in [3.8, 4) is 0 Å². The molecular formula is C35H28N9+. The number of aromatic nitrogens is 2. The Labute approximate surface area is 253 Å². The topological polar surface area (TPSA) is 86.7 Å². The molecule has 0 amide bonds. The number of allylic oxidation sites excluding steroid dienone is 2. The van der Waals surface area contributed by atoms with Crippen molar-refractivity contribution in [3.63, 3.8) is 0 Å². The molecule has 4 aliphatic heterocycles. The molecule has 0 spiro atoms. The number of nitrogens with zero attached hydrogens (tertiary/aromatic N) is 8. The number of rotatable bonds is 4. The monoisotopic (exact) mass is 574 g/mol. The van der Waals surface area contributed by atoms with Crippen molar-refractivity contribution in [2.45, 2.75) is 13.8 Å². The molecule has 6 heterocycles. The van der Waals surface area contributed by atoms with E-state index in [4.69, 9.17) is 25.0 Å². The van der Waals surface area contributed by atoms with Crippen LogP contribution in [0.1, 0.15) is 58.4 Å². The number of fused-ring (bicyclic) bond motifs is 8. The lowest BCUT2D eigenvalue weighted by molar-refractivity contribution is -0.367. The van der Waals surface area contributed by atoms with E-state index in [1.807, 2.05) is 108 Å². The highest BCUT2D eigenvalue weighted by Gasteiger charge is 2.36. The van der Waals surface area contributed by atoms with Crippen LogP contribution in [-0.4, -0.2) is 44.3 Å². The number of hydrogen-bond donors (Lipinski definition) is 1. The van der Waals surface area contributed by atoms with Crippen LogP contribution < -0.4 is 16.5 Å². The van der Waals surface area contributed by atoms with Crippen LogP contribution in [-0.2, 0) is 0 Å². The van der Waals surface area contributed by atoms with E-state index in [0.717, 1.165) is 56.2 Å². The highest BCUT2D eigenvalue weighted by atomic mass is 15.7. The first-order chi connectivity index (χ1) is 21.6. The summed E-state index contributed by atoms with van der Waals surface area (Å²) in [5, 5.41) is 0. The zero-order valence-corrected chi connectivity index (χ0v) is 24.6. The number of benzene rings is 2. The Bertz CT molecular complexity index is 2310. The second-order valence-electron chi connectivity index (χ2n) is 10.6. The minimum absolute atomic E-state index is 0.569. The molecule has 44 heavy (non-hydrogen) atoms. The zero-order chi connectivity index (χ0) is 30.1. The predicted molar refractivity (Wildman–Crippen MR) is 178 cm³/mol. The van der Waals surface area contributed by atoms with Gasteiger partial charge >= 0.3 is 0 Å². The van der Waals surface area contributed by atoms with Gasteiger partial charge in [0, 0.05) is 33.4 Å². The number of amidine groups is 4. The normalized spacial score (nSPS) is 19.5. The van der Waals surface area contributed by atoms with E-state index in [2.05, 4.69) is 30.8 Å². The largest absolute Gasteiger partial charge is 0.273 e. The van der Waals surface area contributed by atoms with Gasteiger partial charge in [0.05, 0.1) is 18.2 Å². The van der Waals surface area contributed by atoms with Crippen LogP contribution in [0.5, 0.6) is 0 Å². The summed E-state index contributed by atoms with van der Waals surface area (Å²) in [7, 11) is 2.00. The van der Waals surface area contributed by atoms with Crippen molar-refractivity contribution in [2.75, 3.05) is 12.6 Å². The van der Waals surface area contributed by atoms with Gasteiger partial charge in [-0.2, -0.15) is 9.35 Å². The summed E-state index contributed by atoms with van der Waals surface area (Å²) in [5.74, 6) is 3.96. The maximum atomic E-state index is 5.33. The van der Waals surface area contributed by atoms with E-state index in [1.165, 1.54) is 0 Å². The minimum atomic E-state index is 0.569. The number of hydrogen-bond acceptors (Lipinski definition) is 6. The van der Waals surface area contributed by atoms with Gasteiger partial charge in [-0.05, 0) is 26.0 Å². The Hall–Kier alpha value is -5.96. The Kier molecular flexibility index (Phi) is 5.57. The van der Waals surface area contributed by atoms with Crippen LogP contribution in [0.15, 0.2) is 98.8 Å². The quantitative estimate of drug-likeness (QED) is 0.333. The molecule has 0 saturated carbocycles. The number of aliphatic imine (C=N–C) groups is 3. The van der Waals surface area contributed by atoms with Crippen LogP contribution in [0.4, 0.5) is 11.6 Å². The van der Waals surface area contributed by atoms with Gasteiger partial charge in [0.25, 0.3) is 11.7 Å². The Morgan fingerprint density at radius 1 is 0.636 bits per heavy atom. The van der Waals surface area contributed by atoms with Gasteiger partial charge in [-0.3, -0.25) is 0 Å². The summed E-state index contributed by atoms with van der Waals surface area (Å²) in [6, 6.07) is 16.2. The van der Waals surface area contributed by atoms with Gasteiger partial charge in [0.1, 0.15) is 0 Å². The smallest absolute Gasteiger partial charge is 0.229 e. The highest BCUT2D eigenvalue weighted by molar-refractivity contribution is 6.23. The molecule has 4 aromatic rings. The summed E-state index contributed by atoms with van der Waals surface area (Å²) in [5.41, 5.74) is 12.1. The van der Waals surface area contributed by atoms with Gasteiger partial charge in [-0.25, -0.2) is 25.1 Å². The third kappa shape index (κ3) is 3.40. The Morgan fingerprint density at radius 2 is 1.23 bits per heavy atom. The predicted octanol–water partition coefficient (Wildman–Crippen LogP) is 5.23. The average molecular weight is 575 g/mol. The SMILES string of the molecule is C=Cc1c(/C=C\C)c2n3c1/N=C1N=C(/N=c4/c(C=C)c(/C=C\C)/c(n4N3)=N/C3=[N+](C)C(=N\2)/c2ccccc23)c2ccccc2\1. The summed E-state index contributed by atoms with van der Waals surface area (Å²) in [6.45, 7) is 12.4. The molecule has 0 fully saturated rings. The van der Waals surface area contributed by atoms with E-state index in [9.17, 15) is 0 Å². The summed E-state index contributed by atoms with van der Waals surface area (Å²) >= 11 is 0. The van der Waals surface area contributed by atoms with Crippen LogP contribution in [0.3, 0.4) is 0 Å². The molecule has 4 aliphatic rings. The minimum Gasteiger partial charge on any atom is -0.229 e. The van der Waals surface area contributed by atoms with Gasteiger partial charge < -0.3 is 0 Å². The lowest BCUT2D eigenvalue weighted by atomic mass is 10.1. The van der Waals surface area contributed by atoms with Crippen LogP contribution >= 0.6 is 0 Å². The highest BCUT2D eigenvalue weighted by Crippen LogP contribution is 2.39. The molecule has 0 atom stereocenters. The van der Waals surface area contributed by atoms with Crippen molar-refractivity contribution < 1.29 is 4.58 Å². The maximum Gasteiger partial charge on any atom is 0.273 e. The first-order valence-electron chi connectivity index (χ1n) is 14.4. The third-order valence-corrected chi connectivity index (χ3v) is 8.18. The summed E-state index contributed by atoms with van der Waals surface area (Å²) in [6.07, 6.45) is 11.7. The molecular weight excluding hydrogens is 546 g/mol. The van der Waals surface area contributed by atoms with Gasteiger partial charge in [0.2, 0.25) is 11.3 Å². The van der Waals surface area contributed by atoms with Crippen LogP contribution in [0, 0.1) is 0 Å². The lowest BCUT2D eigenvalue weighted by Crippen LogP contribution is -2.40. The van der Waals surface area contributed by atoms with E-state index in [0.29, 0.717) is 34.3 Å². The zero-order valence-electron chi connectivity index (χ0n) is 24.6. The van der Waals surface area contributed by atoms with Crippen molar-refractivity contribution in [3.05, 3.63) is 129 Å². The molecule has 2 aromatic heterocycles. The van der Waals surface area contributed by atoms with E-state index < -0.39 is 0 Å². The average Bonchev–Trinajstić information content (AvgIpc) is 3.69. The Morgan fingerprint density at radius 3 is 1.91 bits per heavy atom. The molecule has 0 saturated heterocycles. The molecule has 212 valence electrons. The maximum absolute atomic E-state index is 5.33. The number of nitrogens with one attached hydrogen (secondary N) is 1. The van der Waals surface area contributed by atoms with Crippen molar-refractivity contribution in [1.82, 2.24) is 9.35 Å². The Balaban J connectivity index is 1.66. The van der Waals surface area contributed by atoms with Gasteiger partial charge in [-0.15, -0.1) is 0 Å².